The van der Waals surface area contributed by atoms with Crippen molar-refractivity contribution in [3.63, 3.8) is 0 Å². The molecule has 1 fully saturated rings. The van der Waals surface area contributed by atoms with Gasteiger partial charge in [-0.2, -0.15) is 5.10 Å². The molecule has 0 saturated carbocycles. The van der Waals surface area contributed by atoms with Crippen LogP contribution in [-0.4, -0.2) is 28.8 Å². The van der Waals surface area contributed by atoms with E-state index in [1.54, 1.807) is 4.68 Å². The first-order chi connectivity index (χ1) is 8.55. The number of rotatable bonds is 4. The van der Waals surface area contributed by atoms with Gasteiger partial charge in [0.1, 0.15) is 0 Å². The first-order valence-corrected chi connectivity index (χ1v) is 6.55. The van der Waals surface area contributed by atoms with Gasteiger partial charge in [0.15, 0.2) is 0 Å². The standard InChI is InChI=1S/C13H22N4O/c1-4-11-10(8-17(3)16-11)7-15-12(18)13(2)5-6-14-9-13/h8,14H,4-7,9H2,1-3H3,(H,15,18). The molecule has 2 heterocycles. The van der Waals surface area contributed by atoms with Gasteiger partial charge in [-0.15, -0.1) is 0 Å². The maximum Gasteiger partial charge on any atom is 0.227 e. The van der Waals surface area contributed by atoms with Crippen molar-refractivity contribution in [2.75, 3.05) is 13.1 Å². The lowest BCUT2D eigenvalue weighted by atomic mass is 9.89. The second-order valence-electron chi connectivity index (χ2n) is 5.30. The third-order valence-corrected chi connectivity index (χ3v) is 3.68. The van der Waals surface area contributed by atoms with E-state index in [4.69, 9.17) is 0 Å². The van der Waals surface area contributed by atoms with Crippen molar-refractivity contribution >= 4 is 5.91 Å². The lowest BCUT2D eigenvalue weighted by molar-refractivity contribution is -0.129. The molecule has 1 aliphatic heterocycles. The lowest BCUT2D eigenvalue weighted by Gasteiger charge is -2.21. The first-order valence-electron chi connectivity index (χ1n) is 6.55. The van der Waals surface area contributed by atoms with Gasteiger partial charge in [-0.05, 0) is 26.3 Å². The summed E-state index contributed by atoms with van der Waals surface area (Å²) in [5, 5.41) is 10.7. The number of hydrogen-bond donors (Lipinski definition) is 2. The Morgan fingerprint density at radius 3 is 3.06 bits per heavy atom. The average Bonchev–Trinajstić information content (AvgIpc) is 2.93. The molecule has 1 aliphatic rings. The first kappa shape index (κ1) is 13.1. The van der Waals surface area contributed by atoms with E-state index >= 15 is 0 Å². The van der Waals surface area contributed by atoms with Gasteiger partial charge >= 0.3 is 0 Å². The fraction of sp³-hybridized carbons (Fsp3) is 0.692. The number of carbonyl (C=O) groups is 1. The summed E-state index contributed by atoms with van der Waals surface area (Å²) in [4.78, 5) is 12.2. The Labute approximate surface area is 108 Å². The molecule has 0 aromatic carbocycles. The highest BCUT2D eigenvalue weighted by Gasteiger charge is 2.36. The zero-order valence-electron chi connectivity index (χ0n) is 11.4. The molecule has 2 N–H and O–H groups in total. The topological polar surface area (TPSA) is 59.0 Å². The van der Waals surface area contributed by atoms with Crippen molar-refractivity contribution in [3.8, 4) is 0 Å². The van der Waals surface area contributed by atoms with Crippen LogP contribution in [0.2, 0.25) is 0 Å². The molecule has 1 saturated heterocycles. The molecule has 1 atom stereocenters. The van der Waals surface area contributed by atoms with Gasteiger partial charge in [0.05, 0.1) is 11.1 Å². The Kier molecular flexibility index (Phi) is 3.71. The molecule has 1 amide bonds. The van der Waals surface area contributed by atoms with Crippen LogP contribution in [0.4, 0.5) is 0 Å². The van der Waals surface area contributed by atoms with Gasteiger partial charge in [0.25, 0.3) is 0 Å². The second-order valence-corrected chi connectivity index (χ2v) is 5.30. The zero-order chi connectivity index (χ0) is 13.2. The third kappa shape index (κ3) is 2.56. The highest BCUT2D eigenvalue weighted by molar-refractivity contribution is 5.82. The normalized spacial score (nSPS) is 23.3. The fourth-order valence-corrected chi connectivity index (χ4v) is 2.43. The van der Waals surface area contributed by atoms with E-state index in [2.05, 4.69) is 22.7 Å². The van der Waals surface area contributed by atoms with E-state index in [9.17, 15) is 4.79 Å². The van der Waals surface area contributed by atoms with Gasteiger partial charge < -0.3 is 10.6 Å². The molecule has 100 valence electrons. The number of aryl methyl sites for hydroxylation is 2. The molecular formula is C13H22N4O. The highest BCUT2D eigenvalue weighted by Crippen LogP contribution is 2.24. The molecule has 1 aromatic heterocycles. The van der Waals surface area contributed by atoms with Crippen molar-refractivity contribution in [1.29, 1.82) is 0 Å². The molecular weight excluding hydrogens is 228 g/mol. The van der Waals surface area contributed by atoms with Gasteiger partial charge in [-0.3, -0.25) is 9.48 Å². The van der Waals surface area contributed by atoms with E-state index < -0.39 is 0 Å². The molecule has 0 bridgehead atoms. The molecule has 1 unspecified atom stereocenters. The quantitative estimate of drug-likeness (QED) is 0.822. The Morgan fingerprint density at radius 1 is 1.67 bits per heavy atom. The number of amides is 1. The van der Waals surface area contributed by atoms with Gasteiger partial charge in [-0.1, -0.05) is 6.92 Å². The summed E-state index contributed by atoms with van der Waals surface area (Å²) < 4.78 is 1.80. The van der Waals surface area contributed by atoms with Crippen LogP contribution in [0.15, 0.2) is 6.20 Å². The molecule has 0 aliphatic carbocycles. The Balaban J connectivity index is 1.96. The number of carbonyl (C=O) groups excluding carboxylic acids is 1. The summed E-state index contributed by atoms with van der Waals surface area (Å²) in [6, 6.07) is 0. The Morgan fingerprint density at radius 2 is 2.44 bits per heavy atom. The number of nitrogens with zero attached hydrogens (tertiary/aromatic N) is 2. The summed E-state index contributed by atoms with van der Waals surface area (Å²) in [5.41, 5.74) is 1.92. The fourth-order valence-electron chi connectivity index (χ4n) is 2.43. The lowest BCUT2D eigenvalue weighted by Crippen LogP contribution is -2.40. The van der Waals surface area contributed by atoms with Gasteiger partial charge in [0, 0.05) is 31.9 Å². The van der Waals surface area contributed by atoms with E-state index in [1.807, 2.05) is 20.2 Å². The third-order valence-electron chi connectivity index (χ3n) is 3.68. The van der Waals surface area contributed by atoms with Crippen molar-refractivity contribution in [2.45, 2.75) is 33.2 Å². The summed E-state index contributed by atoms with van der Waals surface area (Å²) in [6.45, 7) is 6.37. The molecule has 0 spiro atoms. The largest absolute Gasteiger partial charge is 0.351 e. The van der Waals surface area contributed by atoms with Crippen molar-refractivity contribution in [2.24, 2.45) is 12.5 Å². The SMILES string of the molecule is CCc1nn(C)cc1CNC(=O)C1(C)CCNC1. The van der Waals surface area contributed by atoms with Crippen LogP contribution in [0.1, 0.15) is 31.5 Å². The monoisotopic (exact) mass is 250 g/mol. The summed E-state index contributed by atoms with van der Waals surface area (Å²) in [5.74, 6) is 0.137. The van der Waals surface area contributed by atoms with E-state index in [-0.39, 0.29) is 11.3 Å². The van der Waals surface area contributed by atoms with Crippen molar-refractivity contribution in [3.05, 3.63) is 17.5 Å². The van der Waals surface area contributed by atoms with E-state index in [0.717, 1.165) is 37.2 Å². The summed E-state index contributed by atoms with van der Waals surface area (Å²) in [7, 11) is 1.91. The van der Waals surface area contributed by atoms with Crippen LogP contribution in [0, 0.1) is 5.41 Å². The van der Waals surface area contributed by atoms with E-state index in [1.165, 1.54) is 0 Å². The van der Waals surface area contributed by atoms with Crippen LogP contribution in [-0.2, 0) is 24.8 Å². The maximum atomic E-state index is 12.2. The minimum absolute atomic E-state index is 0.137. The minimum atomic E-state index is -0.255. The van der Waals surface area contributed by atoms with Gasteiger partial charge in [-0.25, -0.2) is 0 Å². The molecule has 5 nitrogen and oxygen atoms in total. The Bertz CT molecular complexity index is 432. The maximum absolute atomic E-state index is 12.2. The van der Waals surface area contributed by atoms with Gasteiger partial charge in [0.2, 0.25) is 5.91 Å². The average molecular weight is 250 g/mol. The second kappa shape index (κ2) is 5.10. The number of nitrogens with one attached hydrogen (secondary N) is 2. The smallest absolute Gasteiger partial charge is 0.227 e. The number of aromatic nitrogens is 2. The highest BCUT2D eigenvalue weighted by atomic mass is 16.2. The molecule has 0 radical (unpaired) electrons. The van der Waals surface area contributed by atoms with Crippen LogP contribution >= 0.6 is 0 Å². The van der Waals surface area contributed by atoms with Crippen LogP contribution in [0.3, 0.4) is 0 Å². The predicted molar refractivity (Wildman–Crippen MR) is 70.0 cm³/mol. The minimum Gasteiger partial charge on any atom is -0.351 e. The predicted octanol–water partition coefficient (Wildman–Crippen LogP) is 0.598. The number of hydrogen-bond acceptors (Lipinski definition) is 3. The summed E-state index contributed by atoms with van der Waals surface area (Å²) in [6.07, 6.45) is 3.78. The van der Waals surface area contributed by atoms with Crippen LogP contribution in [0.25, 0.3) is 0 Å². The van der Waals surface area contributed by atoms with Crippen LogP contribution in [0.5, 0.6) is 0 Å². The van der Waals surface area contributed by atoms with Crippen LogP contribution < -0.4 is 10.6 Å². The van der Waals surface area contributed by atoms with Crippen molar-refractivity contribution < 1.29 is 4.79 Å². The summed E-state index contributed by atoms with van der Waals surface area (Å²) >= 11 is 0. The van der Waals surface area contributed by atoms with Crippen molar-refractivity contribution in [1.82, 2.24) is 20.4 Å². The molecule has 2 rings (SSSR count). The molecule has 18 heavy (non-hydrogen) atoms. The zero-order valence-corrected chi connectivity index (χ0v) is 11.4. The van der Waals surface area contributed by atoms with E-state index in [0.29, 0.717) is 6.54 Å². The molecule has 5 heteroatoms. The molecule has 1 aromatic rings. The Hall–Kier alpha value is -1.36.